The third-order valence-corrected chi connectivity index (χ3v) is 4.21. The van der Waals surface area contributed by atoms with Gasteiger partial charge in [-0.3, -0.25) is 9.78 Å². The van der Waals surface area contributed by atoms with Crippen molar-refractivity contribution in [1.29, 1.82) is 0 Å². The van der Waals surface area contributed by atoms with Gasteiger partial charge in [0, 0.05) is 18.9 Å². The Labute approximate surface area is 121 Å². The number of pyridine rings is 1. The van der Waals surface area contributed by atoms with E-state index < -0.39 is 0 Å². The zero-order valence-corrected chi connectivity index (χ0v) is 12.5. The van der Waals surface area contributed by atoms with E-state index in [2.05, 4.69) is 22.5 Å². The molecule has 0 bridgehead atoms. The Bertz CT molecular complexity index is 421. The zero-order chi connectivity index (χ0) is 14.4. The van der Waals surface area contributed by atoms with E-state index in [4.69, 9.17) is 0 Å². The van der Waals surface area contributed by atoms with Gasteiger partial charge in [0.2, 0.25) is 5.91 Å². The minimum absolute atomic E-state index is 0.00635. The first-order valence-corrected chi connectivity index (χ1v) is 7.59. The van der Waals surface area contributed by atoms with Gasteiger partial charge in [0.15, 0.2) is 0 Å². The van der Waals surface area contributed by atoms with Crippen molar-refractivity contribution >= 4 is 5.91 Å². The smallest absolute Gasteiger partial charge is 0.227 e. The summed E-state index contributed by atoms with van der Waals surface area (Å²) in [4.78, 5) is 16.8. The van der Waals surface area contributed by atoms with Crippen LogP contribution in [0.5, 0.6) is 0 Å². The number of nitrogens with one attached hydrogen (secondary N) is 2. The molecule has 0 saturated carbocycles. The van der Waals surface area contributed by atoms with Crippen molar-refractivity contribution in [2.45, 2.75) is 45.6 Å². The first kappa shape index (κ1) is 15.0. The highest BCUT2D eigenvalue weighted by molar-refractivity contribution is 5.83. The number of piperidine rings is 1. The van der Waals surface area contributed by atoms with Gasteiger partial charge in [0.05, 0.1) is 11.5 Å². The number of nitrogens with zero attached hydrogens (tertiary/aromatic N) is 1. The summed E-state index contributed by atoms with van der Waals surface area (Å²) in [5.74, 6) is 0.183. The monoisotopic (exact) mass is 275 g/mol. The summed E-state index contributed by atoms with van der Waals surface area (Å²) in [7, 11) is 0. The molecule has 4 nitrogen and oxygen atoms in total. The first-order chi connectivity index (χ1) is 9.68. The Morgan fingerprint density at radius 1 is 1.60 bits per heavy atom. The van der Waals surface area contributed by atoms with E-state index in [0.29, 0.717) is 0 Å². The van der Waals surface area contributed by atoms with E-state index in [1.165, 1.54) is 0 Å². The Kier molecular flexibility index (Phi) is 5.12. The Morgan fingerprint density at radius 3 is 3.05 bits per heavy atom. The quantitative estimate of drug-likeness (QED) is 0.867. The molecule has 1 aliphatic rings. The second-order valence-electron chi connectivity index (χ2n) is 5.79. The van der Waals surface area contributed by atoms with E-state index in [1.807, 2.05) is 25.3 Å². The van der Waals surface area contributed by atoms with Crippen molar-refractivity contribution in [2.24, 2.45) is 5.41 Å². The molecule has 20 heavy (non-hydrogen) atoms. The van der Waals surface area contributed by atoms with Crippen molar-refractivity contribution < 1.29 is 4.79 Å². The summed E-state index contributed by atoms with van der Waals surface area (Å²) < 4.78 is 0. The van der Waals surface area contributed by atoms with Crippen molar-refractivity contribution in [1.82, 2.24) is 15.6 Å². The van der Waals surface area contributed by atoms with Crippen LogP contribution in [0.3, 0.4) is 0 Å². The lowest BCUT2D eigenvalue weighted by atomic mass is 9.76. The molecular weight excluding hydrogens is 250 g/mol. The molecule has 1 aromatic heterocycles. The van der Waals surface area contributed by atoms with E-state index in [9.17, 15) is 4.79 Å². The van der Waals surface area contributed by atoms with Crippen LogP contribution in [-0.4, -0.2) is 24.0 Å². The molecule has 1 fully saturated rings. The Hall–Kier alpha value is -1.42. The van der Waals surface area contributed by atoms with E-state index in [1.54, 1.807) is 6.20 Å². The van der Waals surface area contributed by atoms with E-state index in [-0.39, 0.29) is 17.4 Å². The van der Waals surface area contributed by atoms with Crippen LogP contribution in [0.4, 0.5) is 0 Å². The van der Waals surface area contributed by atoms with Gasteiger partial charge in [-0.1, -0.05) is 19.4 Å². The predicted octanol–water partition coefficient (Wildman–Crippen LogP) is 2.43. The SMILES string of the molecule is CCCC1(C(=O)N[C@@H](C)c2cccnc2)CCCNC1. The maximum absolute atomic E-state index is 12.7. The van der Waals surface area contributed by atoms with Gasteiger partial charge >= 0.3 is 0 Å². The molecule has 2 heterocycles. The summed E-state index contributed by atoms with van der Waals surface area (Å²) in [6.45, 7) is 5.99. The molecule has 4 heteroatoms. The van der Waals surface area contributed by atoms with E-state index >= 15 is 0 Å². The fourth-order valence-corrected chi connectivity index (χ4v) is 3.03. The third-order valence-electron chi connectivity index (χ3n) is 4.21. The number of carbonyl (C=O) groups excluding carboxylic acids is 1. The minimum Gasteiger partial charge on any atom is -0.349 e. The average Bonchev–Trinajstić information content (AvgIpc) is 2.49. The van der Waals surface area contributed by atoms with Gasteiger partial charge in [0.1, 0.15) is 0 Å². The van der Waals surface area contributed by atoms with Gasteiger partial charge in [0.25, 0.3) is 0 Å². The number of carbonyl (C=O) groups is 1. The van der Waals surface area contributed by atoms with Crippen LogP contribution in [0, 0.1) is 5.41 Å². The lowest BCUT2D eigenvalue weighted by Crippen LogP contribution is -2.50. The van der Waals surface area contributed by atoms with Crippen LogP contribution in [0.2, 0.25) is 0 Å². The summed E-state index contributed by atoms with van der Waals surface area (Å²) in [5, 5.41) is 6.55. The molecule has 1 saturated heterocycles. The molecule has 0 aromatic carbocycles. The number of rotatable bonds is 5. The van der Waals surface area contributed by atoms with Gasteiger partial charge in [-0.05, 0) is 44.4 Å². The normalized spacial score (nSPS) is 24.1. The molecule has 1 aromatic rings. The number of hydrogen-bond donors (Lipinski definition) is 2. The van der Waals surface area contributed by atoms with Gasteiger partial charge in [-0.15, -0.1) is 0 Å². The summed E-state index contributed by atoms with van der Waals surface area (Å²) in [5.41, 5.74) is 0.819. The highest BCUT2D eigenvalue weighted by Crippen LogP contribution is 2.32. The zero-order valence-electron chi connectivity index (χ0n) is 12.5. The molecule has 110 valence electrons. The Morgan fingerprint density at radius 2 is 2.45 bits per heavy atom. The second-order valence-corrected chi connectivity index (χ2v) is 5.79. The number of hydrogen-bond acceptors (Lipinski definition) is 3. The highest BCUT2D eigenvalue weighted by Gasteiger charge is 2.39. The lowest BCUT2D eigenvalue weighted by molar-refractivity contribution is -0.133. The maximum atomic E-state index is 12.7. The maximum Gasteiger partial charge on any atom is 0.227 e. The summed E-state index contributed by atoms with van der Waals surface area (Å²) >= 11 is 0. The van der Waals surface area contributed by atoms with Gasteiger partial charge in [-0.2, -0.15) is 0 Å². The van der Waals surface area contributed by atoms with Crippen LogP contribution < -0.4 is 10.6 Å². The molecule has 1 amide bonds. The first-order valence-electron chi connectivity index (χ1n) is 7.59. The van der Waals surface area contributed by atoms with Crippen LogP contribution >= 0.6 is 0 Å². The molecule has 0 aliphatic carbocycles. The van der Waals surface area contributed by atoms with Crippen molar-refractivity contribution in [3.63, 3.8) is 0 Å². The largest absolute Gasteiger partial charge is 0.349 e. The molecule has 2 N–H and O–H groups in total. The summed E-state index contributed by atoms with van der Waals surface area (Å²) in [6.07, 6.45) is 7.62. The number of aromatic nitrogens is 1. The van der Waals surface area contributed by atoms with Crippen LogP contribution in [-0.2, 0) is 4.79 Å². The van der Waals surface area contributed by atoms with Crippen molar-refractivity contribution in [3.05, 3.63) is 30.1 Å². The van der Waals surface area contributed by atoms with Crippen molar-refractivity contribution in [3.8, 4) is 0 Å². The van der Waals surface area contributed by atoms with Crippen LogP contribution in [0.1, 0.15) is 51.1 Å². The molecule has 0 radical (unpaired) electrons. The van der Waals surface area contributed by atoms with Crippen LogP contribution in [0.15, 0.2) is 24.5 Å². The van der Waals surface area contributed by atoms with Crippen LogP contribution in [0.25, 0.3) is 0 Å². The Balaban J connectivity index is 2.05. The van der Waals surface area contributed by atoms with E-state index in [0.717, 1.165) is 44.3 Å². The fourth-order valence-electron chi connectivity index (χ4n) is 3.03. The van der Waals surface area contributed by atoms with Gasteiger partial charge < -0.3 is 10.6 Å². The fraction of sp³-hybridized carbons (Fsp3) is 0.625. The lowest BCUT2D eigenvalue weighted by Gasteiger charge is -2.37. The standard InChI is InChI=1S/C16H25N3O/c1-3-7-16(8-5-10-18-12-16)15(20)19-13(2)14-6-4-9-17-11-14/h4,6,9,11,13,18H,3,5,7-8,10,12H2,1-2H3,(H,19,20)/t13-,16?/m0/s1. The van der Waals surface area contributed by atoms with Gasteiger partial charge in [-0.25, -0.2) is 0 Å². The average molecular weight is 275 g/mol. The van der Waals surface area contributed by atoms with Crippen molar-refractivity contribution in [2.75, 3.05) is 13.1 Å². The summed E-state index contributed by atoms with van der Waals surface area (Å²) in [6, 6.07) is 3.91. The molecule has 0 spiro atoms. The molecule has 1 aliphatic heterocycles. The highest BCUT2D eigenvalue weighted by atomic mass is 16.2. The number of amides is 1. The molecular formula is C16H25N3O. The predicted molar refractivity (Wildman–Crippen MR) is 80.2 cm³/mol. The molecule has 2 rings (SSSR count). The molecule has 2 atom stereocenters. The topological polar surface area (TPSA) is 54.0 Å². The second kappa shape index (κ2) is 6.84. The minimum atomic E-state index is -0.233. The third kappa shape index (κ3) is 3.37. The molecule has 1 unspecified atom stereocenters.